The fourth-order valence-electron chi connectivity index (χ4n) is 2.75. The summed E-state index contributed by atoms with van der Waals surface area (Å²) in [7, 11) is 0. The Bertz CT molecular complexity index is 406. The van der Waals surface area contributed by atoms with Crippen LogP contribution in [0.2, 0.25) is 5.02 Å². The van der Waals surface area contributed by atoms with Crippen LogP contribution < -0.4 is 5.73 Å². The number of rotatable bonds is 3. The van der Waals surface area contributed by atoms with Crippen LogP contribution in [0.15, 0.2) is 18.2 Å². The maximum Gasteiger partial charge on any atom is 0.128 e. The van der Waals surface area contributed by atoms with E-state index in [1.807, 2.05) is 6.92 Å². The molecule has 0 aliphatic carbocycles. The molecule has 0 bridgehead atoms. The molecule has 1 aromatic carbocycles. The number of benzene rings is 1. The molecule has 0 spiro atoms. The highest BCUT2D eigenvalue weighted by Gasteiger charge is 2.29. The predicted octanol–water partition coefficient (Wildman–Crippen LogP) is 3.57. The second kappa shape index (κ2) is 6.21. The van der Waals surface area contributed by atoms with Crippen molar-refractivity contribution in [2.75, 3.05) is 13.1 Å². The summed E-state index contributed by atoms with van der Waals surface area (Å²) in [6, 6.07) is 4.79. The van der Waals surface area contributed by atoms with E-state index in [0.29, 0.717) is 17.0 Å². The largest absolute Gasteiger partial charge is 0.313 e. The summed E-state index contributed by atoms with van der Waals surface area (Å²) in [5.41, 5.74) is 6.41. The fourth-order valence-corrected chi connectivity index (χ4v) is 2.98. The van der Waals surface area contributed by atoms with Gasteiger partial charge < -0.3 is 5.73 Å². The van der Waals surface area contributed by atoms with Gasteiger partial charge in [0, 0.05) is 17.0 Å². The van der Waals surface area contributed by atoms with Crippen LogP contribution in [-0.4, -0.2) is 23.7 Å². The Kier molecular flexibility index (Phi) is 4.82. The predicted molar refractivity (Wildman–Crippen MR) is 77.7 cm³/mol. The lowest BCUT2D eigenvalue weighted by Gasteiger charge is -2.38. The zero-order valence-electron chi connectivity index (χ0n) is 11.5. The highest BCUT2D eigenvalue weighted by molar-refractivity contribution is 6.31. The van der Waals surface area contributed by atoms with Crippen molar-refractivity contribution in [3.63, 3.8) is 0 Å². The molecule has 1 fully saturated rings. The first-order valence-electron chi connectivity index (χ1n) is 6.97. The van der Waals surface area contributed by atoms with E-state index in [-0.39, 0.29) is 5.82 Å². The minimum atomic E-state index is -0.545. The van der Waals surface area contributed by atoms with Gasteiger partial charge in [-0.1, -0.05) is 30.5 Å². The minimum Gasteiger partial charge on any atom is -0.313 e. The number of nitrogens with two attached hydrogens (primary N) is 1. The molecule has 2 nitrogen and oxygen atoms in total. The van der Waals surface area contributed by atoms with E-state index in [9.17, 15) is 4.39 Å². The van der Waals surface area contributed by atoms with Gasteiger partial charge in [-0.15, -0.1) is 0 Å². The first-order chi connectivity index (χ1) is 9.00. The van der Waals surface area contributed by atoms with Gasteiger partial charge in [-0.05, 0) is 45.0 Å². The maximum absolute atomic E-state index is 13.9. The lowest BCUT2D eigenvalue weighted by atomic mass is 9.99. The van der Waals surface area contributed by atoms with E-state index in [1.165, 1.54) is 18.9 Å². The smallest absolute Gasteiger partial charge is 0.128 e. The first-order valence-corrected chi connectivity index (χ1v) is 7.35. The van der Waals surface area contributed by atoms with Gasteiger partial charge in [0.25, 0.3) is 0 Å². The Morgan fingerprint density at radius 2 is 1.89 bits per heavy atom. The van der Waals surface area contributed by atoms with Gasteiger partial charge in [-0.2, -0.15) is 0 Å². The average Bonchev–Trinajstić information content (AvgIpc) is 2.63. The molecule has 1 aliphatic heterocycles. The normalized spacial score (nSPS) is 20.8. The van der Waals surface area contributed by atoms with Crippen molar-refractivity contribution < 1.29 is 4.39 Å². The SMILES string of the molecule is CC(N)(Cc1c(F)cccc1Cl)N1CCCCCC1. The summed E-state index contributed by atoms with van der Waals surface area (Å²) in [4.78, 5) is 2.27. The molecule has 106 valence electrons. The highest BCUT2D eigenvalue weighted by atomic mass is 35.5. The van der Waals surface area contributed by atoms with Gasteiger partial charge in [0.15, 0.2) is 0 Å². The summed E-state index contributed by atoms with van der Waals surface area (Å²) in [6.07, 6.45) is 5.29. The van der Waals surface area contributed by atoms with Crippen LogP contribution in [0.5, 0.6) is 0 Å². The molecule has 2 N–H and O–H groups in total. The Labute approximate surface area is 119 Å². The van der Waals surface area contributed by atoms with Crippen LogP contribution in [0.25, 0.3) is 0 Å². The third kappa shape index (κ3) is 3.68. The molecular formula is C15H22ClFN2. The van der Waals surface area contributed by atoms with Gasteiger partial charge in [0.2, 0.25) is 0 Å². The second-order valence-corrected chi connectivity index (χ2v) is 6.04. The van der Waals surface area contributed by atoms with Gasteiger partial charge in [-0.3, -0.25) is 4.90 Å². The molecule has 2 rings (SSSR count). The van der Waals surface area contributed by atoms with Gasteiger partial charge in [0.05, 0.1) is 5.66 Å². The summed E-state index contributed by atoms with van der Waals surface area (Å²) < 4.78 is 13.9. The van der Waals surface area contributed by atoms with Crippen LogP contribution >= 0.6 is 11.6 Å². The third-order valence-corrected chi connectivity index (χ3v) is 4.28. The number of halogens is 2. The second-order valence-electron chi connectivity index (χ2n) is 5.64. The van der Waals surface area contributed by atoms with Crippen molar-refractivity contribution in [2.24, 2.45) is 5.73 Å². The van der Waals surface area contributed by atoms with Crippen LogP contribution in [0.4, 0.5) is 4.39 Å². The topological polar surface area (TPSA) is 29.3 Å². The summed E-state index contributed by atoms with van der Waals surface area (Å²) in [5.74, 6) is -0.265. The van der Waals surface area contributed by atoms with Crippen LogP contribution in [-0.2, 0) is 6.42 Å². The molecule has 1 aliphatic rings. The van der Waals surface area contributed by atoms with Crippen molar-refractivity contribution >= 4 is 11.6 Å². The van der Waals surface area contributed by atoms with E-state index in [0.717, 1.165) is 25.9 Å². The minimum absolute atomic E-state index is 0.265. The number of likely N-dealkylation sites (tertiary alicyclic amines) is 1. The van der Waals surface area contributed by atoms with Crippen LogP contribution in [0.1, 0.15) is 38.2 Å². The Morgan fingerprint density at radius 3 is 2.47 bits per heavy atom. The molecule has 4 heteroatoms. The summed E-state index contributed by atoms with van der Waals surface area (Å²) >= 11 is 6.09. The lowest BCUT2D eigenvalue weighted by molar-refractivity contribution is 0.112. The number of hydrogen-bond acceptors (Lipinski definition) is 2. The van der Waals surface area contributed by atoms with Crippen molar-refractivity contribution in [3.05, 3.63) is 34.6 Å². The van der Waals surface area contributed by atoms with E-state index in [4.69, 9.17) is 17.3 Å². The molecule has 1 heterocycles. The molecule has 1 saturated heterocycles. The average molecular weight is 285 g/mol. The zero-order chi connectivity index (χ0) is 13.9. The van der Waals surface area contributed by atoms with Crippen LogP contribution in [0.3, 0.4) is 0 Å². The molecule has 0 amide bonds. The summed E-state index contributed by atoms with van der Waals surface area (Å²) in [5, 5.41) is 0.464. The van der Waals surface area contributed by atoms with Crippen molar-refractivity contribution in [1.82, 2.24) is 4.90 Å². The van der Waals surface area contributed by atoms with E-state index >= 15 is 0 Å². The Hall–Kier alpha value is -0.640. The standard InChI is InChI=1S/C15H22ClFN2/c1-15(18,19-9-4-2-3-5-10-19)11-12-13(16)7-6-8-14(12)17/h6-8H,2-5,9-11,18H2,1H3. The molecule has 0 radical (unpaired) electrons. The first kappa shape index (κ1) is 14.8. The lowest BCUT2D eigenvalue weighted by Crippen LogP contribution is -2.55. The monoisotopic (exact) mass is 284 g/mol. The molecule has 1 aromatic rings. The molecule has 0 aromatic heterocycles. The Balaban J connectivity index is 2.15. The van der Waals surface area contributed by atoms with Gasteiger partial charge in [0.1, 0.15) is 5.82 Å². The Morgan fingerprint density at radius 1 is 1.26 bits per heavy atom. The van der Waals surface area contributed by atoms with Crippen molar-refractivity contribution in [2.45, 2.75) is 44.7 Å². The molecule has 19 heavy (non-hydrogen) atoms. The molecule has 1 unspecified atom stereocenters. The van der Waals surface area contributed by atoms with E-state index < -0.39 is 5.66 Å². The molecular weight excluding hydrogens is 263 g/mol. The maximum atomic E-state index is 13.9. The van der Waals surface area contributed by atoms with Crippen molar-refractivity contribution in [1.29, 1.82) is 0 Å². The quantitative estimate of drug-likeness (QED) is 0.919. The highest BCUT2D eigenvalue weighted by Crippen LogP contribution is 2.26. The molecule has 0 saturated carbocycles. The summed E-state index contributed by atoms with van der Waals surface area (Å²) in [6.45, 7) is 3.94. The third-order valence-electron chi connectivity index (χ3n) is 3.92. The van der Waals surface area contributed by atoms with Crippen LogP contribution in [0, 0.1) is 5.82 Å². The molecule has 1 atom stereocenters. The van der Waals surface area contributed by atoms with Gasteiger partial charge >= 0.3 is 0 Å². The van der Waals surface area contributed by atoms with Crippen molar-refractivity contribution in [3.8, 4) is 0 Å². The number of hydrogen-bond donors (Lipinski definition) is 1. The van der Waals surface area contributed by atoms with E-state index in [1.54, 1.807) is 12.1 Å². The zero-order valence-corrected chi connectivity index (χ0v) is 12.2. The fraction of sp³-hybridized carbons (Fsp3) is 0.600. The van der Waals surface area contributed by atoms with E-state index in [2.05, 4.69) is 4.90 Å². The number of nitrogens with zero attached hydrogens (tertiary/aromatic N) is 1. The van der Waals surface area contributed by atoms with Gasteiger partial charge in [-0.25, -0.2) is 4.39 Å².